The quantitative estimate of drug-likeness (QED) is 0.168. The average Bonchev–Trinajstić information content (AvgIpc) is 2.92. The molecule has 0 radical (unpaired) electrons. The maximum atomic E-state index is 13.3. The molecule has 13 heteroatoms. The summed E-state index contributed by atoms with van der Waals surface area (Å²) >= 11 is 6.22. The molecule has 3 aromatic carbocycles. The maximum Gasteiger partial charge on any atom is 0.451 e. The lowest BCUT2D eigenvalue weighted by molar-refractivity contribution is -0.144. The van der Waals surface area contributed by atoms with Gasteiger partial charge in [-0.15, -0.1) is 0 Å². The lowest BCUT2D eigenvalue weighted by Gasteiger charge is -2.19. The average molecular weight is 587 g/mol. The van der Waals surface area contributed by atoms with Crippen LogP contribution in [-0.4, -0.2) is 28.0 Å². The Balaban J connectivity index is 1.43. The summed E-state index contributed by atoms with van der Waals surface area (Å²) < 4.78 is 45.7. The number of benzene rings is 3. The molecular formula is C28H26ClF3N6O3. The lowest BCUT2D eigenvalue weighted by Crippen LogP contribution is -2.34. The molecule has 4 aromatic rings. The van der Waals surface area contributed by atoms with E-state index in [0.29, 0.717) is 17.9 Å². The molecule has 1 unspecified atom stereocenters. The van der Waals surface area contributed by atoms with Gasteiger partial charge in [0, 0.05) is 11.1 Å². The van der Waals surface area contributed by atoms with Crippen LogP contribution in [0.15, 0.2) is 60.7 Å². The summed E-state index contributed by atoms with van der Waals surface area (Å²) in [5.74, 6) is -1.42. The molecule has 0 spiro atoms. The number of hydrogen-bond donors (Lipinski definition) is 4. The lowest BCUT2D eigenvalue weighted by atomic mass is 10.1. The zero-order valence-electron chi connectivity index (χ0n) is 22.2. The van der Waals surface area contributed by atoms with Crippen LogP contribution in [0.25, 0.3) is 10.9 Å². The van der Waals surface area contributed by atoms with E-state index in [0.717, 1.165) is 11.1 Å². The standard InChI is InChI=1S/C28H26ClF3N6O3/c1-4-22(41-23-12-9-15(2)13-16(23)3)25(39)33-17-10-11-19(29)21(14-17)35-27(40)38-37-24-18-7-5-6-8-20(18)34-26(36-24)28(30,31)32/h5-14,22H,4H2,1-3H3,(H,33,39)(H,34,36,37)(H2,35,38,40). The highest BCUT2D eigenvalue weighted by Gasteiger charge is 2.35. The Hall–Kier alpha value is -4.58. The first-order valence-corrected chi connectivity index (χ1v) is 12.8. The minimum absolute atomic E-state index is 0.0397. The summed E-state index contributed by atoms with van der Waals surface area (Å²) in [5.41, 5.74) is 7.13. The van der Waals surface area contributed by atoms with E-state index in [-0.39, 0.29) is 27.4 Å². The van der Waals surface area contributed by atoms with Gasteiger partial charge in [-0.25, -0.2) is 14.8 Å². The van der Waals surface area contributed by atoms with Crippen LogP contribution in [0.4, 0.5) is 35.2 Å². The molecule has 1 atom stereocenters. The zero-order chi connectivity index (χ0) is 29.7. The zero-order valence-corrected chi connectivity index (χ0v) is 22.9. The highest BCUT2D eigenvalue weighted by Crippen LogP contribution is 2.30. The SMILES string of the molecule is CCC(Oc1ccc(C)cc1C)C(=O)Nc1ccc(Cl)c(NC(=O)NNc2nc(C(F)(F)F)nc3ccccc23)c1. The summed E-state index contributed by atoms with van der Waals surface area (Å²) in [6.45, 7) is 5.68. The van der Waals surface area contributed by atoms with Gasteiger partial charge in [-0.05, 0) is 62.2 Å². The normalized spacial score (nSPS) is 12.0. The number of aryl methyl sites for hydroxylation is 2. The Labute approximate surface area is 238 Å². The number of aromatic nitrogens is 2. The number of fused-ring (bicyclic) bond motifs is 1. The van der Waals surface area contributed by atoms with Crippen molar-refractivity contribution >= 4 is 51.6 Å². The summed E-state index contributed by atoms with van der Waals surface area (Å²) in [6, 6.07) is 15.3. The number of ether oxygens (including phenoxy) is 1. The number of hydrazine groups is 1. The first-order chi connectivity index (χ1) is 19.4. The molecule has 0 saturated heterocycles. The molecule has 41 heavy (non-hydrogen) atoms. The number of halogens is 4. The van der Waals surface area contributed by atoms with Crippen molar-refractivity contribution in [1.82, 2.24) is 15.4 Å². The topological polar surface area (TPSA) is 117 Å². The number of carbonyl (C=O) groups excluding carboxylic acids is 2. The highest BCUT2D eigenvalue weighted by atomic mass is 35.5. The van der Waals surface area contributed by atoms with Crippen LogP contribution in [0, 0.1) is 13.8 Å². The molecule has 0 fully saturated rings. The van der Waals surface area contributed by atoms with E-state index in [2.05, 4.69) is 31.5 Å². The van der Waals surface area contributed by atoms with Crippen molar-refractivity contribution in [3.05, 3.63) is 82.6 Å². The van der Waals surface area contributed by atoms with Crippen LogP contribution < -0.4 is 26.2 Å². The van der Waals surface area contributed by atoms with Crippen LogP contribution in [0.2, 0.25) is 5.02 Å². The summed E-state index contributed by atoms with van der Waals surface area (Å²) in [5, 5.41) is 5.66. The van der Waals surface area contributed by atoms with Crippen LogP contribution in [0.1, 0.15) is 30.3 Å². The largest absolute Gasteiger partial charge is 0.480 e. The molecule has 1 aromatic heterocycles. The Kier molecular flexibility index (Phi) is 8.82. The van der Waals surface area contributed by atoms with E-state index in [1.807, 2.05) is 39.0 Å². The van der Waals surface area contributed by atoms with Gasteiger partial charge >= 0.3 is 12.2 Å². The number of urea groups is 1. The fraction of sp³-hybridized carbons (Fsp3) is 0.214. The molecule has 0 aliphatic carbocycles. The van der Waals surface area contributed by atoms with Gasteiger partial charge in [0.2, 0.25) is 5.82 Å². The number of alkyl halides is 3. The van der Waals surface area contributed by atoms with E-state index >= 15 is 0 Å². The van der Waals surface area contributed by atoms with E-state index in [9.17, 15) is 22.8 Å². The van der Waals surface area contributed by atoms with Crippen molar-refractivity contribution in [3.63, 3.8) is 0 Å². The molecule has 0 aliphatic rings. The van der Waals surface area contributed by atoms with Crippen molar-refractivity contribution in [3.8, 4) is 5.75 Å². The van der Waals surface area contributed by atoms with Crippen molar-refractivity contribution < 1.29 is 27.5 Å². The van der Waals surface area contributed by atoms with Crippen molar-refractivity contribution in [1.29, 1.82) is 0 Å². The van der Waals surface area contributed by atoms with Crippen molar-refractivity contribution in [2.45, 2.75) is 39.5 Å². The third-order valence-electron chi connectivity index (χ3n) is 5.90. The number of carbonyl (C=O) groups is 2. The minimum Gasteiger partial charge on any atom is -0.480 e. The number of hydrogen-bond acceptors (Lipinski definition) is 6. The molecular weight excluding hydrogens is 561 g/mol. The molecule has 9 nitrogen and oxygen atoms in total. The van der Waals surface area contributed by atoms with E-state index < -0.39 is 30.0 Å². The fourth-order valence-electron chi connectivity index (χ4n) is 3.90. The second-order valence-corrected chi connectivity index (χ2v) is 9.49. The number of amides is 3. The number of rotatable bonds is 8. The Bertz CT molecular complexity index is 1600. The molecule has 3 amide bonds. The van der Waals surface area contributed by atoms with Crippen LogP contribution >= 0.6 is 11.6 Å². The number of nitrogens with zero attached hydrogens (tertiary/aromatic N) is 2. The molecule has 4 N–H and O–H groups in total. The van der Waals surface area contributed by atoms with Gasteiger partial charge in [0.25, 0.3) is 5.91 Å². The summed E-state index contributed by atoms with van der Waals surface area (Å²) in [7, 11) is 0. The third-order valence-corrected chi connectivity index (χ3v) is 6.23. The van der Waals surface area contributed by atoms with Crippen LogP contribution in [0.5, 0.6) is 5.75 Å². The Morgan fingerprint density at radius 1 is 1.00 bits per heavy atom. The predicted octanol–water partition coefficient (Wildman–Crippen LogP) is 6.86. The molecule has 1 heterocycles. The molecule has 0 aliphatic heterocycles. The van der Waals surface area contributed by atoms with E-state index in [1.165, 1.54) is 30.3 Å². The molecule has 4 rings (SSSR count). The number of nitrogens with one attached hydrogen (secondary N) is 4. The van der Waals surface area contributed by atoms with Gasteiger partial charge in [-0.3, -0.25) is 15.6 Å². The molecule has 214 valence electrons. The van der Waals surface area contributed by atoms with Gasteiger partial charge in [0.05, 0.1) is 16.2 Å². The number of para-hydroxylation sites is 1. The Morgan fingerprint density at radius 3 is 2.46 bits per heavy atom. The summed E-state index contributed by atoms with van der Waals surface area (Å²) in [4.78, 5) is 32.6. The van der Waals surface area contributed by atoms with E-state index in [4.69, 9.17) is 16.3 Å². The Morgan fingerprint density at radius 2 is 1.76 bits per heavy atom. The van der Waals surface area contributed by atoms with Gasteiger partial charge in [0.1, 0.15) is 5.75 Å². The van der Waals surface area contributed by atoms with E-state index in [1.54, 1.807) is 12.1 Å². The van der Waals surface area contributed by atoms with Gasteiger partial charge in [0.15, 0.2) is 11.9 Å². The highest BCUT2D eigenvalue weighted by molar-refractivity contribution is 6.33. The minimum atomic E-state index is -4.79. The summed E-state index contributed by atoms with van der Waals surface area (Å²) in [6.07, 6.45) is -5.16. The fourth-order valence-corrected chi connectivity index (χ4v) is 4.06. The number of anilines is 3. The molecule has 0 bridgehead atoms. The molecule has 0 saturated carbocycles. The van der Waals surface area contributed by atoms with Crippen molar-refractivity contribution in [2.75, 3.05) is 16.1 Å². The second-order valence-electron chi connectivity index (χ2n) is 9.08. The second kappa shape index (κ2) is 12.3. The van der Waals surface area contributed by atoms with Gasteiger partial charge in [-0.2, -0.15) is 13.2 Å². The first kappa shape index (κ1) is 29.4. The van der Waals surface area contributed by atoms with Crippen LogP contribution in [0.3, 0.4) is 0 Å². The van der Waals surface area contributed by atoms with Gasteiger partial charge < -0.3 is 15.4 Å². The monoisotopic (exact) mass is 586 g/mol. The van der Waals surface area contributed by atoms with Gasteiger partial charge in [-0.1, -0.05) is 48.4 Å². The third kappa shape index (κ3) is 7.34. The van der Waals surface area contributed by atoms with Crippen LogP contribution in [-0.2, 0) is 11.0 Å². The smallest absolute Gasteiger partial charge is 0.451 e. The first-order valence-electron chi connectivity index (χ1n) is 12.5. The predicted molar refractivity (Wildman–Crippen MR) is 151 cm³/mol. The van der Waals surface area contributed by atoms with Crippen molar-refractivity contribution in [2.24, 2.45) is 0 Å². The maximum absolute atomic E-state index is 13.3.